The van der Waals surface area contributed by atoms with Crippen molar-refractivity contribution in [2.24, 2.45) is 16.7 Å². The van der Waals surface area contributed by atoms with Crippen LogP contribution in [0.15, 0.2) is 0 Å². The van der Waals surface area contributed by atoms with Gasteiger partial charge in [-0.2, -0.15) is 0 Å². The minimum absolute atomic E-state index is 0.00280. The highest BCUT2D eigenvalue weighted by Gasteiger charge is 2.44. The number of rotatable bonds is 11. The molecule has 4 atom stereocenters. The summed E-state index contributed by atoms with van der Waals surface area (Å²) in [5, 5.41) is 3.75. The van der Waals surface area contributed by atoms with Gasteiger partial charge in [0.15, 0.2) is 6.29 Å². The van der Waals surface area contributed by atoms with Crippen LogP contribution in [0.4, 0.5) is 0 Å². The standard InChI is InChI=1S/C23H43NO4/c1-18-8-9-19(11-18)24-12-21(2,3)13-25-14-22(4,5)15-26-16-23-10-6-7-20(28-23)27-17-23/h18-20,24H,6-17H2,1-5H3/t18?,19?,20-,23+/m1/s1. The predicted octanol–water partition coefficient (Wildman–Crippen LogP) is 4.15. The second-order valence-electron chi connectivity index (χ2n) is 11.2. The Hall–Kier alpha value is -0.200. The van der Waals surface area contributed by atoms with Gasteiger partial charge in [0.05, 0.1) is 33.0 Å². The Bertz CT molecular complexity index is 491. The molecule has 2 bridgehead atoms. The van der Waals surface area contributed by atoms with Crippen LogP contribution in [0.3, 0.4) is 0 Å². The van der Waals surface area contributed by atoms with Crippen LogP contribution in [-0.4, -0.2) is 57.5 Å². The van der Waals surface area contributed by atoms with Crippen LogP contribution in [0.5, 0.6) is 0 Å². The largest absolute Gasteiger partial charge is 0.380 e. The Labute approximate surface area is 172 Å². The Morgan fingerprint density at radius 1 is 1.00 bits per heavy atom. The summed E-state index contributed by atoms with van der Waals surface area (Å²) in [6, 6.07) is 0.694. The lowest BCUT2D eigenvalue weighted by molar-refractivity contribution is -0.148. The molecule has 0 radical (unpaired) electrons. The van der Waals surface area contributed by atoms with Crippen LogP contribution in [0, 0.1) is 16.7 Å². The molecule has 3 rings (SSSR count). The van der Waals surface area contributed by atoms with Crippen molar-refractivity contribution in [2.45, 2.75) is 91.1 Å². The lowest BCUT2D eigenvalue weighted by Gasteiger charge is -2.33. The summed E-state index contributed by atoms with van der Waals surface area (Å²) in [4.78, 5) is 0. The minimum atomic E-state index is -0.203. The number of hydrogen-bond acceptors (Lipinski definition) is 5. The van der Waals surface area contributed by atoms with Crippen molar-refractivity contribution in [3.63, 3.8) is 0 Å². The van der Waals surface area contributed by atoms with Gasteiger partial charge in [0.1, 0.15) is 5.60 Å². The Kier molecular flexibility index (Phi) is 7.47. The lowest BCUT2D eigenvalue weighted by atomic mass is 9.93. The molecule has 1 N–H and O–H groups in total. The van der Waals surface area contributed by atoms with Gasteiger partial charge >= 0.3 is 0 Å². The van der Waals surface area contributed by atoms with Crippen molar-refractivity contribution in [3.8, 4) is 0 Å². The van der Waals surface area contributed by atoms with E-state index in [9.17, 15) is 0 Å². The van der Waals surface area contributed by atoms with Crippen LogP contribution in [0.1, 0.15) is 73.1 Å². The van der Waals surface area contributed by atoms with Crippen molar-refractivity contribution in [1.82, 2.24) is 5.32 Å². The second-order valence-corrected chi connectivity index (χ2v) is 11.2. The molecular weight excluding hydrogens is 354 g/mol. The first kappa shape index (κ1) is 22.5. The zero-order valence-electron chi connectivity index (χ0n) is 18.9. The van der Waals surface area contributed by atoms with Crippen LogP contribution in [0.25, 0.3) is 0 Å². The van der Waals surface area contributed by atoms with E-state index in [1.165, 1.54) is 25.7 Å². The molecular formula is C23H43NO4. The SMILES string of the molecule is CC1CCC(NCC(C)(C)COCC(C)(C)COC[C@@]23CCC[C@H](OC2)O3)C1. The number of fused-ring (bicyclic) bond motifs is 2. The molecule has 164 valence electrons. The number of hydrogen-bond donors (Lipinski definition) is 1. The number of nitrogens with one attached hydrogen (secondary N) is 1. The van der Waals surface area contributed by atoms with E-state index in [1.54, 1.807) is 0 Å². The Morgan fingerprint density at radius 2 is 1.75 bits per heavy atom. The normalized spacial score (nSPS) is 33.5. The summed E-state index contributed by atoms with van der Waals surface area (Å²) in [6.07, 6.45) is 7.23. The quantitative estimate of drug-likeness (QED) is 0.568. The minimum Gasteiger partial charge on any atom is -0.380 e. The molecule has 0 spiro atoms. The van der Waals surface area contributed by atoms with Crippen molar-refractivity contribution in [2.75, 3.05) is 39.6 Å². The molecule has 2 heterocycles. The van der Waals surface area contributed by atoms with Crippen molar-refractivity contribution in [1.29, 1.82) is 0 Å². The van der Waals surface area contributed by atoms with E-state index < -0.39 is 0 Å². The molecule has 2 unspecified atom stereocenters. The van der Waals surface area contributed by atoms with Crippen LogP contribution >= 0.6 is 0 Å². The van der Waals surface area contributed by atoms with Gasteiger partial charge in [-0.1, -0.05) is 34.6 Å². The maximum atomic E-state index is 6.13. The van der Waals surface area contributed by atoms with E-state index in [1.807, 2.05) is 0 Å². The van der Waals surface area contributed by atoms with E-state index in [-0.39, 0.29) is 22.7 Å². The predicted molar refractivity (Wildman–Crippen MR) is 111 cm³/mol. The van der Waals surface area contributed by atoms with Gasteiger partial charge in [-0.05, 0) is 44.4 Å². The van der Waals surface area contributed by atoms with E-state index in [0.29, 0.717) is 32.5 Å². The molecule has 5 heteroatoms. The Morgan fingerprint density at radius 3 is 2.50 bits per heavy atom. The van der Waals surface area contributed by atoms with Crippen LogP contribution in [-0.2, 0) is 18.9 Å². The Balaban J connectivity index is 1.30. The van der Waals surface area contributed by atoms with E-state index in [2.05, 4.69) is 39.9 Å². The molecule has 2 aliphatic heterocycles. The highest BCUT2D eigenvalue weighted by atomic mass is 16.7. The molecule has 0 aromatic rings. The molecule has 0 aromatic carbocycles. The lowest BCUT2D eigenvalue weighted by Crippen LogP contribution is -2.41. The zero-order chi connectivity index (χ0) is 20.3. The maximum Gasteiger partial charge on any atom is 0.158 e. The molecule has 1 aliphatic carbocycles. The molecule has 0 aromatic heterocycles. The molecule has 28 heavy (non-hydrogen) atoms. The van der Waals surface area contributed by atoms with E-state index >= 15 is 0 Å². The first-order valence-electron chi connectivity index (χ1n) is 11.4. The summed E-state index contributed by atoms with van der Waals surface area (Å²) in [7, 11) is 0. The number of ether oxygens (including phenoxy) is 4. The average molecular weight is 398 g/mol. The summed E-state index contributed by atoms with van der Waals surface area (Å²) < 4.78 is 23.9. The molecule has 0 amide bonds. The molecule has 3 aliphatic rings. The van der Waals surface area contributed by atoms with Crippen LogP contribution < -0.4 is 5.32 Å². The van der Waals surface area contributed by atoms with Crippen LogP contribution in [0.2, 0.25) is 0 Å². The summed E-state index contributed by atoms with van der Waals surface area (Å²) in [6.45, 7) is 15.9. The summed E-state index contributed by atoms with van der Waals surface area (Å²) in [5.41, 5.74) is -0.0618. The van der Waals surface area contributed by atoms with Gasteiger partial charge in [-0.25, -0.2) is 0 Å². The molecule has 3 fully saturated rings. The van der Waals surface area contributed by atoms with E-state index in [0.717, 1.165) is 31.9 Å². The third-order valence-electron chi connectivity index (χ3n) is 6.39. The highest BCUT2D eigenvalue weighted by Crippen LogP contribution is 2.36. The van der Waals surface area contributed by atoms with Crippen molar-refractivity contribution in [3.05, 3.63) is 0 Å². The maximum absolute atomic E-state index is 6.13. The van der Waals surface area contributed by atoms with Gasteiger partial charge in [0.2, 0.25) is 0 Å². The summed E-state index contributed by atoms with van der Waals surface area (Å²) in [5.74, 6) is 0.873. The van der Waals surface area contributed by atoms with Gasteiger partial charge in [0, 0.05) is 23.4 Å². The van der Waals surface area contributed by atoms with Gasteiger partial charge in [-0.15, -0.1) is 0 Å². The topological polar surface area (TPSA) is 49.0 Å². The molecule has 5 nitrogen and oxygen atoms in total. The third kappa shape index (κ3) is 6.66. The average Bonchev–Trinajstić information content (AvgIpc) is 3.15. The van der Waals surface area contributed by atoms with Gasteiger partial charge in [-0.3, -0.25) is 0 Å². The summed E-state index contributed by atoms with van der Waals surface area (Å²) >= 11 is 0. The molecule has 2 saturated heterocycles. The zero-order valence-corrected chi connectivity index (χ0v) is 18.9. The fourth-order valence-electron chi connectivity index (χ4n) is 4.63. The fourth-order valence-corrected chi connectivity index (χ4v) is 4.63. The molecule has 1 saturated carbocycles. The fraction of sp³-hybridized carbons (Fsp3) is 1.00. The van der Waals surface area contributed by atoms with Gasteiger partial charge < -0.3 is 24.3 Å². The van der Waals surface area contributed by atoms with Crippen molar-refractivity contribution >= 4 is 0 Å². The first-order chi connectivity index (χ1) is 13.2. The van der Waals surface area contributed by atoms with Gasteiger partial charge in [0.25, 0.3) is 0 Å². The first-order valence-corrected chi connectivity index (χ1v) is 11.4. The highest BCUT2D eigenvalue weighted by molar-refractivity contribution is 4.89. The monoisotopic (exact) mass is 397 g/mol. The van der Waals surface area contributed by atoms with Crippen molar-refractivity contribution < 1.29 is 18.9 Å². The van der Waals surface area contributed by atoms with E-state index in [4.69, 9.17) is 18.9 Å². The third-order valence-corrected chi connectivity index (χ3v) is 6.39. The second kappa shape index (κ2) is 9.30. The smallest absolute Gasteiger partial charge is 0.158 e.